The standard InChI is InChI=1S/C16H12BrClN2O/c17-13-7-6-11(10-14(13)18)16(21)15-8-9-19-20(15)12-4-2-1-3-5-12/h1-10,16,21H. The molecule has 0 spiro atoms. The van der Waals surface area contributed by atoms with E-state index in [-0.39, 0.29) is 0 Å². The van der Waals surface area contributed by atoms with E-state index in [1.165, 1.54) is 0 Å². The molecule has 0 saturated carbocycles. The van der Waals surface area contributed by atoms with Crippen molar-refractivity contribution in [3.8, 4) is 5.69 Å². The number of benzene rings is 2. The highest BCUT2D eigenvalue weighted by Crippen LogP contribution is 2.29. The van der Waals surface area contributed by atoms with Crippen LogP contribution in [0.1, 0.15) is 17.4 Å². The molecular formula is C16H12BrClN2O. The molecule has 0 bridgehead atoms. The molecule has 1 N–H and O–H groups in total. The van der Waals surface area contributed by atoms with Crippen molar-refractivity contribution in [3.63, 3.8) is 0 Å². The molecule has 0 aliphatic carbocycles. The molecule has 3 rings (SSSR count). The Morgan fingerprint density at radius 3 is 2.57 bits per heavy atom. The molecule has 5 heteroatoms. The van der Waals surface area contributed by atoms with E-state index in [0.29, 0.717) is 10.7 Å². The SMILES string of the molecule is OC(c1ccc(Br)c(Cl)c1)c1ccnn1-c1ccccc1. The Labute approximate surface area is 135 Å². The van der Waals surface area contributed by atoms with E-state index in [2.05, 4.69) is 21.0 Å². The second kappa shape index (κ2) is 6.02. The third-order valence-electron chi connectivity index (χ3n) is 3.21. The van der Waals surface area contributed by atoms with Crippen LogP contribution >= 0.6 is 27.5 Å². The van der Waals surface area contributed by atoms with Gasteiger partial charge in [-0.3, -0.25) is 0 Å². The zero-order chi connectivity index (χ0) is 14.8. The summed E-state index contributed by atoms with van der Waals surface area (Å²) in [5.41, 5.74) is 2.32. The second-order valence-electron chi connectivity index (χ2n) is 4.58. The van der Waals surface area contributed by atoms with Crippen LogP contribution in [0.4, 0.5) is 0 Å². The quantitative estimate of drug-likeness (QED) is 0.750. The minimum absolute atomic E-state index is 0.567. The Hall–Kier alpha value is -1.62. The molecular weight excluding hydrogens is 352 g/mol. The van der Waals surface area contributed by atoms with Gasteiger partial charge in [0.15, 0.2) is 0 Å². The minimum atomic E-state index is -0.793. The fourth-order valence-electron chi connectivity index (χ4n) is 2.16. The van der Waals surface area contributed by atoms with Crippen molar-refractivity contribution >= 4 is 27.5 Å². The van der Waals surface area contributed by atoms with Gasteiger partial charge in [-0.2, -0.15) is 5.10 Å². The Morgan fingerprint density at radius 1 is 1.10 bits per heavy atom. The second-order valence-corrected chi connectivity index (χ2v) is 5.84. The van der Waals surface area contributed by atoms with E-state index in [9.17, 15) is 5.11 Å². The van der Waals surface area contributed by atoms with E-state index < -0.39 is 6.10 Å². The van der Waals surface area contributed by atoms with Gasteiger partial charge >= 0.3 is 0 Å². The highest BCUT2D eigenvalue weighted by atomic mass is 79.9. The van der Waals surface area contributed by atoms with Crippen LogP contribution < -0.4 is 0 Å². The van der Waals surface area contributed by atoms with E-state index in [1.807, 2.05) is 42.5 Å². The Balaban J connectivity index is 2.01. The zero-order valence-corrected chi connectivity index (χ0v) is 13.3. The lowest BCUT2D eigenvalue weighted by Gasteiger charge is -2.14. The maximum atomic E-state index is 10.6. The van der Waals surface area contributed by atoms with E-state index in [1.54, 1.807) is 23.0 Å². The number of nitrogens with zero attached hydrogens (tertiary/aromatic N) is 2. The van der Waals surface area contributed by atoms with Gasteiger partial charge in [0.1, 0.15) is 6.10 Å². The Bertz CT molecular complexity index is 758. The van der Waals surface area contributed by atoms with Gasteiger partial charge in [0.25, 0.3) is 0 Å². The van der Waals surface area contributed by atoms with Gasteiger partial charge in [-0.15, -0.1) is 0 Å². The lowest BCUT2D eigenvalue weighted by molar-refractivity contribution is 0.212. The average Bonchev–Trinajstić information content (AvgIpc) is 2.99. The van der Waals surface area contributed by atoms with Crippen molar-refractivity contribution in [2.45, 2.75) is 6.10 Å². The average molecular weight is 364 g/mol. The summed E-state index contributed by atoms with van der Waals surface area (Å²) in [5, 5.41) is 15.5. The van der Waals surface area contributed by atoms with Gasteiger partial charge in [0.2, 0.25) is 0 Å². The Morgan fingerprint density at radius 2 is 1.86 bits per heavy atom. The highest BCUT2D eigenvalue weighted by molar-refractivity contribution is 9.10. The zero-order valence-electron chi connectivity index (χ0n) is 10.9. The number of aliphatic hydroxyl groups excluding tert-OH is 1. The van der Waals surface area contributed by atoms with Crippen LogP contribution in [-0.2, 0) is 0 Å². The predicted octanol–water partition coefficient (Wildman–Crippen LogP) is 4.37. The maximum Gasteiger partial charge on any atom is 0.121 e. The molecule has 3 nitrogen and oxygen atoms in total. The number of halogens is 2. The topological polar surface area (TPSA) is 38.1 Å². The first-order valence-electron chi connectivity index (χ1n) is 6.39. The molecule has 1 aromatic heterocycles. The summed E-state index contributed by atoms with van der Waals surface area (Å²) >= 11 is 9.44. The number of aromatic nitrogens is 2. The lowest BCUT2D eigenvalue weighted by Crippen LogP contribution is -2.08. The molecule has 0 aliphatic heterocycles. The lowest BCUT2D eigenvalue weighted by atomic mass is 10.1. The first-order chi connectivity index (χ1) is 10.2. The van der Waals surface area contributed by atoms with Gasteiger partial charge in [-0.25, -0.2) is 4.68 Å². The normalized spacial score (nSPS) is 12.3. The maximum absolute atomic E-state index is 10.6. The Kier molecular flexibility index (Phi) is 4.10. The molecule has 1 heterocycles. The van der Waals surface area contributed by atoms with Crippen LogP contribution in [0.25, 0.3) is 5.69 Å². The van der Waals surface area contributed by atoms with Crippen molar-refractivity contribution in [2.24, 2.45) is 0 Å². The van der Waals surface area contributed by atoms with Crippen LogP contribution in [0.5, 0.6) is 0 Å². The van der Waals surface area contributed by atoms with Crippen molar-refractivity contribution in [1.82, 2.24) is 9.78 Å². The molecule has 106 valence electrons. The summed E-state index contributed by atoms with van der Waals surface area (Å²) < 4.78 is 2.53. The summed E-state index contributed by atoms with van der Waals surface area (Å²) in [6.45, 7) is 0. The van der Waals surface area contributed by atoms with Gasteiger partial charge in [-0.1, -0.05) is 35.9 Å². The van der Waals surface area contributed by atoms with Crippen molar-refractivity contribution in [2.75, 3.05) is 0 Å². The third kappa shape index (κ3) is 2.88. The van der Waals surface area contributed by atoms with Gasteiger partial charge < -0.3 is 5.11 Å². The minimum Gasteiger partial charge on any atom is -0.382 e. The first kappa shape index (κ1) is 14.3. The molecule has 21 heavy (non-hydrogen) atoms. The number of para-hydroxylation sites is 1. The molecule has 0 radical (unpaired) electrons. The molecule has 2 aromatic carbocycles. The number of hydrogen-bond acceptors (Lipinski definition) is 2. The fourth-order valence-corrected chi connectivity index (χ4v) is 2.59. The molecule has 0 saturated heterocycles. The molecule has 0 amide bonds. The first-order valence-corrected chi connectivity index (χ1v) is 7.56. The molecule has 1 unspecified atom stereocenters. The van der Waals surface area contributed by atoms with Gasteiger partial charge in [0, 0.05) is 10.7 Å². The predicted molar refractivity (Wildman–Crippen MR) is 86.8 cm³/mol. The number of rotatable bonds is 3. The summed E-state index contributed by atoms with van der Waals surface area (Å²) in [6.07, 6.45) is 0.879. The molecule has 1 atom stereocenters. The summed E-state index contributed by atoms with van der Waals surface area (Å²) in [7, 11) is 0. The van der Waals surface area contributed by atoms with Crippen LogP contribution in [0.15, 0.2) is 65.3 Å². The number of hydrogen-bond donors (Lipinski definition) is 1. The van der Waals surface area contributed by atoms with Crippen molar-refractivity contribution < 1.29 is 5.11 Å². The smallest absolute Gasteiger partial charge is 0.121 e. The van der Waals surface area contributed by atoms with Crippen molar-refractivity contribution in [3.05, 3.63) is 81.5 Å². The van der Waals surface area contributed by atoms with Crippen LogP contribution in [-0.4, -0.2) is 14.9 Å². The van der Waals surface area contributed by atoms with E-state index >= 15 is 0 Å². The highest BCUT2D eigenvalue weighted by Gasteiger charge is 2.17. The fraction of sp³-hybridized carbons (Fsp3) is 0.0625. The summed E-state index contributed by atoms with van der Waals surface area (Å²) in [4.78, 5) is 0. The van der Waals surface area contributed by atoms with Crippen LogP contribution in [0.3, 0.4) is 0 Å². The number of aliphatic hydroxyl groups is 1. The molecule has 3 aromatic rings. The van der Waals surface area contributed by atoms with Gasteiger partial charge in [-0.05, 0) is 51.8 Å². The van der Waals surface area contributed by atoms with Gasteiger partial charge in [0.05, 0.1) is 16.4 Å². The van der Waals surface area contributed by atoms with Crippen LogP contribution in [0.2, 0.25) is 5.02 Å². The molecule has 0 fully saturated rings. The monoisotopic (exact) mass is 362 g/mol. The van der Waals surface area contributed by atoms with E-state index in [4.69, 9.17) is 11.6 Å². The summed E-state index contributed by atoms with van der Waals surface area (Å²) in [6, 6.07) is 16.9. The summed E-state index contributed by atoms with van der Waals surface area (Å²) in [5.74, 6) is 0. The third-order valence-corrected chi connectivity index (χ3v) is 4.44. The molecule has 0 aliphatic rings. The van der Waals surface area contributed by atoms with Crippen LogP contribution in [0, 0.1) is 0 Å². The van der Waals surface area contributed by atoms with Crippen molar-refractivity contribution in [1.29, 1.82) is 0 Å². The van der Waals surface area contributed by atoms with E-state index in [0.717, 1.165) is 15.7 Å². The largest absolute Gasteiger partial charge is 0.382 e.